The number of likely N-dealkylation sites (N-methyl/N-ethyl adjacent to an activating group) is 1. The molecule has 0 aliphatic carbocycles. The Morgan fingerprint density at radius 2 is 1.58 bits per heavy atom. The highest BCUT2D eigenvalue weighted by molar-refractivity contribution is 4.70. The fraction of sp³-hybridized carbons (Fsp3) is 0.600. The zero-order chi connectivity index (χ0) is 8.74. The molecular formula is C10H20ClN. The van der Waals surface area contributed by atoms with Crippen LogP contribution in [0.3, 0.4) is 0 Å². The number of hydrogen-bond donors (Lipinski definition) is 0. The smallest absolute Gasteiger partial charge is 0.0971 e. The molecule has 0 unspecified atom stereocenters. The van der Waals surface area contributed by atoms with E-state index in [4.69, 9.17) is 0 Å². The van der Waals surface area contributed by atoms with Gasteiger partial charge in [0.1, 0.15) is 0 Å². The van der Waals surface area contributed by atoms with Crippen LogP contribution in [-0.4, -0.2) is 31.2 Å². The fourth-order valence-electron chi connectivity index (χ4n) is 1.42. The van der Waals surface area contributed by atoms with Gasteiger partial charge in [-0.25, -0.2) is 0 Å². The molecule has 0 aliphatic rings. The van der Waals surface area contributed by atoms with Gasteiger partial charge in [-0.15, -0.1) is 0 Å². The minimum Gasteiger partial charge on any atom is -1.00 e. The van der Waals surface area contributed by atoms with Crippen molar-refractivity contribution in [1.82, 2.24) is 0 Å². The van der Waals surface area contributed by atoms with Gasteiger partial charge in [0.25, 0.3) is 0 Å². The van der Waals surface area contributed by atoms with Crippen molar-refractivity contribution < 1.29 is 16.9 Å². The van der Waals surface area contributed by atoms with Gasteiger partial charge in [0.2, 0.25) is 0 Å². The largest absolute Gasteiger partial charge is 1.00 e. The van der Waals surface area contributed by atoms with Gasteiger partial charge in [0.15, 0.2) is 0 Å². The topological polar surface area (TPSA) is 0 Å². The monoisotopic (exact) mass is 189 g/mol. The Hall–Kier alpha value is -0.270. The van der Waals surface area contributed by atoms with Crippen LogP contribution in [0.15, 0.2) is 25.3 Å². The van der Waals surface area contributed by atoms with E-state index < -0.39 is 0 Å². The summed E-state index contributed by atoms with van der Waals surface area (Å²) in [6.45, 7) is 13.0. The maximum absolute atomic E-state index is 3.76. The number of quaternary nitrogens is 1. The van der Waals surface area contributed by atoms with Crippen molar-refractivity contribution in [3.05, 3.63) is 25.3 Å². The summed E-state index contributed by atoms with van der Waals surface area (Å²) in [5.74, 6) is 0. The van der Waals surface area contributed by atoms with Gasteiger partial charge in [0, 0.05) is 0 Å². The fourth-order valence-corrected chi connectivity index (χ4v) is 1.42. The van der Waals surface area contributed by atoms with Crippen LogP contribution in [0.1, 0.15) is 13.3 Å². The maximum atomic E-state index is 3.76. The Bertz CT molecular complexity index is 122. The first-order valence-electron chi connectivity index (χ1n) is 4.24. The molecule has 0 N–H and O–H groups in total. The molecule has 0 amide bonds. The van der Waals surface area contributed by atoms with E-state index in [0.29, 0.717) is 0 Å². The highest BCUT2D eigenvalue weighted by atomic mass is 35.5. The standard InChI is InChI=1S/C10H20N.ClH/c1-5-8-11(4,9-6-2)10-7-3;/h5-6H,1-2,7-10H2,3-4H3;1H/q+1;/p-1. The third kappa shape index (κ3) is 5.39. The summed E-state index contributed by atoms with van der Waals surface area (Å²) in [6, 6.07) is 0. The summed E-state index contributed by atoms with van der Waals surface area (Å²) in [6.07, 6.45) is 5.19. The molecule has 72 valence electrons. The molecule has 0 saturated carbocycles. The zero-order valence-corrected chi connectivity index (χ0v) is 8.98. The summed E-state index contributed by atoms with van der Waals surface area (Å²) in [5.41, 5.74) is 0. The highest BCUT2D eigenvalue weighted by Crippen LogP contribution is 2.03. The molecule has 0 rings (SSSR count). The highest BCUT2D eigenvalue weighted by Gasteiger charge is 2.15. The normalized spacial score (nSPS) is 10.2. The van der Waals surface area contributed by atoms with Crippen molar-refractivity contribution >= 4 is 0 Å². The Kier molecular flexibility index (Phi) is 8.78. The molecule has 0 fully saturated rings. The lowest BCUT2D eigenvalue weighted by atomic mass is 10.3. The van der Waals surface area contributed by atoms with Crippen molar-refractivity contribution in [3.8, 4) is 0 Å². The van der Waals surface area contributed by atoms with Gasteiger partial charge in [-0.1, -0.05) is 20.1 Å². The molecule has 0 aromatic heterocycles. The summed E-state index contributed by atoms with van der Waals surface area (Å²) < 4.78 is 1.05. The SMILES string of the molecule is C=CC[N+](C)(CC=C)CCC.[Cl-]. The molecule has 0 aromatic carbocycles. The average molecular weight is 190 g/mol. The van der Waals surface area contributed by atoms with E-state index in [1.165, 1.54) is 13.0 Å². The first-order valence-corrected chi connectivity index (χ1v) is 4.24. The number of hydrogen-bond acceptors (Lipinski definition) is 0. The molecule has 0 saturated heterocycles. The van der Waals surface area contributed by atoms with Crippen LogP contribution in [0.5, 0.6) is 0 Å². The van der Waals surface area contributed by atoms with Crippen molar-refractivity contribution in [2.45, 2.75) is 13.3 Å². The van der Waals surface area contributed by atoms with Crippen molar-refractivity contribution in [2.24, 2.45) is 0 Å². The Balaban J connectivity index is 0. The van der Waals surface area contributed by atoms with Gasteiger partial charge >= 0.3 is 0 Å². The molecule has 1 nitrogen and oxygen atoms in total. The molecule has 2 heteroatoms. The van der Waals surface area contributed by atoms with Crippen LogP contribution in [0.25, 0.3) is 0 Å². The predicted octanol–water partition coefficient (Wildman–Crippen LogP) is -0.781. The van der Waals surface area contributed by atoms with Crippen molar-refractivity contribution in [2.75, 3.05) is 26.7 Å². The molecule has 0 aromatic rings. The molecular weight excluding hydrogens is 170 g/mol. The van der Waals surface area contributed by atoms with Gasteiger partial charge in [-0.05, 0) is 18.6 Å². The quantitative estimate of drug-likeness (QED) is 0.380. The van der Waals surface area contributed by atoms with E-state index in [-0.39, 0.29) is 12.4 Å². The second-order valence-electron chi connectivity index (χ2n) is 3.29. The maximum Gasteiger partial charge on any atom is 0.0971 e. The zero-order valence-electron chi connectivity index (χ0n) is 8.22. The summed E-state index contributed by atoms with van der Waals surface area (Å²) in [7, 11) is 2.24. The molecule has 0 radical (unpaired) electrons. The number of halogens is 1. The van der Waals surface area contributed by atoms with Gasteiger partial charge in [-0.3, -0.25) is 0 Å². The van der Waals surface area contributed by atoms with E-state index in [1.54, 1.807) is 0 Å². The van der Waals surface area contributed by atoms with Crippen molar-refractivity contribution in [1.29, 1.82) is 0 Å². The molecule has 0 heterocycles. The lowest BCUT2D eigenvalue weighted by molar-refractivity contribution is -0.898. The second-order valence-corrected chi connectivity index (χ2v) is 3.29. The third-order valence-electron chi connectivity index (χ3n) is 1.90. The number of rotatable bonds is 6. The number of nitrogens with zero attached hydrogens (tertiary/aromatic N) is 1. The summed E-state index contributed by atoms with van der Waals surface area (Å²) >= 11 is 0. The van der Waals surface area contributed by atoms with Crippen LogP contribution >= 0.6 is 0 Å². The average Bonchev–Trinajstić information content (AvgIpc) is 1.88. The van der Waals surface area contributed by atoms with E-state index in [1.807, 2.05) is 12.2 Å². The lowest BCUT2D eigenvalue weighted by Gasteiger charge is -2.31. The predicted molar refractivity (Wildman–Crippen MR) is 51.5 cm³/mol. The summed E-state index contributed by atoms with van der Waals surface area (Å²) in [5, 5.41) is 0. The summed E-state index contributed by atoms with van der Waals surface area (Å²) in [4.78, 5) is 0. The van der Waals surface area contributed by atoms with E-state index >= 15 is 0 Å². The Morgan fingerprint density at radius 1 is 1.17 bits per heavy atom. The van der Waals surface area contributed by atoms with E-state index in [0.717, 1.165) is 17.6 Å². The van der Waals surface area contributed by atoms with Crippen LogP contribution in [-0.2, 0) is 0 Å². The molecule has 0 spiro atoms. The Morgan fingerprint density at radius 3 is 1.83 bits per heavy atom. The molecule has 0 bridgehead atoms. The first-order chi connectivity index (χ1) is 5.18. The van der Waals surface area contributed by atoms with E-state index in [9.17, 15) is 0 Å². The second kappa shape index (κ2) is 7.38. The van der Waals surface area contributed by atoms with Crippen LogP contribution in [0.2, 0.25) is 0 Å². The molecule has 0 atom stereocenters. The van der Waals surface area contributed by atoms with Crippen LogP contribution in [0, 0.1) is 0 Å². The molecule has 0 aliphatic heterocycles. The van der Waals surface area contributed by atoms with Gasteiger partial charge < -0.3 is 16.9 Å². The Labute approximate surface area is 82.8 Å². The minimum atomic E-state index is 0. The third-order valence-corrected chi connectivity index (χ3v) is 1.90. The molecule has 12 heavy (non-hydrogen) atoms. The first kappa shape index (κ1) is 14.3. The van der Waals surface area contributed by atoms with Gasteiger partial charge in [-0.2, -0.15) is 0 Å². The lowest BCUT2D eigenvalue weighted by Crippen LogP contribution is -3.00. The van der Waals surface area contributed by atoms with Crippen LogP contribution < -0.4 is 12.4 Å². The van der Waals surface area contributed by atoms with Gasteiger partial charge in [0.05, 0.1) is 26.7 Å². The minimum absolute atomic E-state index is 0. The van der Waals surface area contributed by atoms with Crippen LogP contribution in [0.4, 0.5) is 0 Å². The van der Waals surface area contributed by atoms with Crippen molar-refractivity contribution in [3.63, 3.8) is 0 Å². The van der Waals surface area contributed by atoms with E-state index in [2.05, 4.69) is 27.1 Å².